The highest BCUT2D eigenvalue weighted by atomic mass is 16.5. The molecule has 3 heterocycles. The van der Waals surface area contributed by atoms with Gasteiger partial charge in [-0.25, -0.2) is 4.98 Å². The predicted molar refractivity (Wildman–Crippen MR) is 107 cm³/mol. The quantitative estimate of drug-likeness (QED) is 0.892. The number of carbonyl (C=O) groups is 1. The van der Waals surface area contributed by atoms with E-state index in [9.17, 15) is 4.79 Å². The molecule has 1 atom stereocenters. The Balaban J connectivity index is 1.48. The van der Waals surface area contributed by atoms with Gasteiger partial charge in [0.15, 0.2) is 0 Å². The number of anilines is 2. The SMILES string of the molecule is CC1(C)CC(Nc2ccc(C(=O)N3CCc4ccccc43)cn2)C(C)(C)O1. The summed E-state index contributed by atoms with van der Waals surface area (Å²) in [4.78, 5) is 19.2. The van der Waals surface area contributed by atoms with Gasteiger partial charge >= 0.3 is 0 Å². The number of amides is 1. The summed E-state index contributed by atoms with van der Waals surface area (Å²) in [6, 6.07) is 12.0. The highest BCUT2D eigenvalue weighted by molar-refractivity contribution is 6.07. The van der Waals surface area contributed by atoms with Gasteiger partial charge in [-0.3, -0.25) is 4.79 Å². The minimum absolute atomic E-state index is 0.00432. The number of para-hydroxylation sites is 1. The maximum absolute atomic E-state index is 12.9. The molecule has 27 heavy (non-hydrogen) atoms. The zero-order valence-electron chi connectivity index (χ0n) is 16.5. The smallest absolute Gasteiger partial charge is 0.259 e. The van der Waals surface area contributed by atoms with Crippen LogP contribution >= 0.6 is 0 Å². The summed E-state index contributed by atoms with van der Waals surface area (Å²) in [5.41, 5.74) is 2.43. The lowest BCUT2D eigenvalue weighted by molar-refractivity contribution is -0.0662. The van der Waals surface area contributed by atoms with Gasteiger partial charge < -0.3 is 15.0 Å². The third-order valence-corrected chi connectivity index (χ3v) is 5.54. The zero-order chi connectivity index (χ0) is 19.2. The minimum Gasteiger partial charge on any atom is -0.367 e. The fourth-order valence-electron chi connectivity index (χ4n) is 4.28. The lowest BCUT2D eigenvalue weighted by atomic mass is 9.94. The highest BCUT2D eigenvalue weighted by Gasteiger charge is 2.46. The van der Waals surface area contributed by atoms with Gasteiger partial charge in [0, 0.05) is 18.4 Å². The molecule has 2 aromatic rings. The largest absolute Gasteiger partial charge is 0.367 e. The van der Waals surface area contributed by atoms with E-state index in [4.69, 9.17) is 4.74 Å². The number of pyridine rings is 1. The number of hydrogen-bond donors (Lipinski definition) is 1. The van der Waals surface area contributed by atoms with Gasteiger partial charge in [-0.1, -0.05) is 18.2 Å². The minimum atomic E-state index is -0.265. The lowest BCUT2D eigenvalue weighted by Crippen LogP contribution is -2.38. The molecule has 5 nitrogen and oxygen atoms in total. The third kappa shape index (κ3) is 3.44. The van der Waals surface area contributed by atoms with Crippen molar-refractivity contribution in [2.24, 2.45) is 0 Å². The van der Waals surface area contributed by atoms with Gasteiger partial charge in [0.2, 0.25) is 0 Å². The summed E-state index contributed by atoms with van der Waals surface area (Å²) < 4.78 is 6.13. The molecule has 2 aliphatic heterocycles. The van der Waals surface area contributed by atoms with Crippen LogP contribution in [-0.2, 0) is 11.2 Å². The molecule has 0 spiro atoms. The average molecular weight is 365 g/mol. The first-order chi connectivity index (χ1) is 12.8. The third-order valence-electron chi connectivity index (χ3n) is 5.54. The van der Waals surface area contributed by atoms with Crippen LogP contribution in [0.2, 0.25) is 0 Å². The van der Waals surface area contributed by atoms with Crippen molar-refractivity contribution in [3.8, 4) is 0 Å². The second-order valence-corrected chi connectivity index (χ2v) is 8.63. The Labute approximate surface area is 160 Å². The number of aromatic nitrogens is 1. The van der Waals surface area contributed by atoms with E-state index in [1.54, 1.807) is 6.20 Å². The molecule has 5 heteroatoms. The monoisotopic (exact) mass is 365 g/mol. The fraction of sp³-hybridized carbons (Fsp3) is 0.455. The number of hydrogen-bond acceptors (Lipinski definition) is 4. The summed E-state index contributed by atoms with van der Waals surface area (Å²) >= 11 is 0. The van der Waals surface area contributed by atoms with Crippen molar-refractivity contribution in [3.63, 3.8) is 0 Å². The number of ether oxygens (including phenoxy) is 1. The van der Waals surface area contributed by atoms with E-state index in [1.807, 2.05) is 35.2 Å². The van der Waals surface area contributed by atoms with Crippen LogP contribution < -0.4 is 10.2 Å². The summed E-state index contributed by atoms with van der Waals surface area (Å²) in [5, 5.41) is 3.48. The summed E-state index contributed by atoms with van der Waals surface area (Å²) in [5.74, 6) is 0.775. The first-order valence-electron chi connectivity index (χ1n) is 9.58. The number of rotatable bonds is 3. The van der Waals surface area contributed by atoms with E-state index >= 15 is 0 Å². The first kappa shape index (κ1) is 18.0. The molecule has 1 saturated heterocycles. The van der Waals surface area contributed by atoms with Gasteiger partial charge in [-0.15, -0.1) is 0 Å². The van der Waals surface area contributed by atoms with Gasteiger partial charge in [0.05, 0.1) is 22.8 Å². The molecule has 1 amide bonds. The highest BCUT2D eigenvalue weighted by Crippen LogP contribution is 2.38. The van der Waals surface area contributed by atoms with E-state index in [0.717, 1.165) is 30.9 Å². The Morgan fingerprint density at radius 3 is 2.63 bits per heavy atom. The van der Waals surface area contributed by atoms with Crippen LogP contribution in [-0.4, -0.2) is 34.7 Å². The first-order valence-corrected chi connectivity index (χ1v) is 9.58. The van der Waals surface area contributed by atoms with Crippen molar-refractivity contribution in [3.05, 3.63) is 53.7 Å². The molecule has 0 radical (unpaired) electrons. The summed E-state index contributed by atoms with van der Waals surface area (Å²) in [7, 11) is 0. The normalized spacial score (nSPS) is 22.5. The molecule has 1 aromatic heterocycles. The number of fused-ring (bicyclic) bond motifs is 1. The molecular weight excluding hydrogens is 338 g/mol. The van der Waals surface area contributed by atoms with Crippen LogP contribution in [0.15, 0.2) is 42.6 Å². The maximum Gasteiger partial charge on any atom is 0.259 e. The molecule has 1 N–H and O–H groups in total. The molecule has 142 valence electrons. The fourth-order valence-corrected chi connectivity index (χ4v) is 4.28. The van der Waals surface area contributed by atoms with E-state index in [2.05, 4.69) is 44.1 Å². The zero-order valence-corrected chi connectivity index (χ0v) is 16.5. The van der Waals surface area contributed by atoms with E-state index in [-0.39, 0.29) is 23.2 Å². The Kier molecular flexibility index (Phi) is 4.22. The van der Waals surface area contributed by atoms with Crippen LogP contribution in [0.4, 0.5) is 11.5 Å². The van der Waals surface area contributed by atoms with Crippen LogP contribution in [0.25, 0.3) is 0 Å². The Hall–Kier alpha value is -2.40. The lowest BCUT2D eigenvalue weighted by Gasteiger charge is -2.28. The Morgan fingerprint density at radius 1 is 1.19 bits per heavy atom. The van der Waals surface area contributed by atoms with Gasteiger partial charge in [-0.2, -0.15) is 0 Å². The van der Waals surface area contributed by atoms with Crippen molar-refractivity contribution >= 4 is 17.4 Å². The molecule has 1 aromatic carbocycles. The predicted octanol–water partition coefficient (Wildman–Crippen LogP) is 4.04. The molecular formula is C22H27N3O2. The van der Waals surface area contributed by atoms with Gasteiger partial charge in [0.25, 0.3) is 5.91 Å². The molecule has 1 fully saturated rings. The molecule has 2 aliphatic rings. The van der Waals surface area contributed by atoms with E-state index < -0.39 is 0 Å². The summed E-state index contributed by atoms with van der Waals surface area (Å²) in [6.07, 6.45) is 3.48. The van der Waals surface area contributed by atoms with Gasteiger partial charge in [0.1, 0.15) is 5.82 Å². The number of benzene rings is 1. The van der Waals surface area contributed by atoms with Crippen molar-refractivity contribution in [1.29, 1.82) is 0 Å². The van der Waals surface area contributed by atoms with Crippen LogP contribution in [0.1, 0.15) is 50.0 Å². The number of nitrogens with zero attached hydrogens (tertiary/aromatic N) is 2. The van der Waals surface area contributed by atoms with Crippen LogP contribution in [0, 0.1) is 0 Å². The summed E-state index contributed by atoms with van der Waals surface area (Å²) in [6.45, 7) is 9.14. The van der Waals surface area contributed by atoms with E-state index in [1.165, 1.54) is 5.56 Å². The maximum atomic E-state index is 12.9. The second-order valence-electron chi connectivity index (χ2n) is 8.63. The Bertz CT molecular complexity index is 858. The Morgan fingerprint density at radius 2 is 1.96 bits per heavy atom. The molecule has 1 unspecified atom stereocenters. The van der Waals surface area contributed by atoms with Crippen molar-refractivity contribution in [2.75, 3.05) is 16.8 Å². The van der Waals surface area contributed by atoms with Crippen LogP contribution in [0.5, 0.6) is 0 Å². The van der Waals surface area contributed by atoms with Crippen molar-refractivity contribution in [2.45, 2.75) is 57.8 Å². The molecule has 0 saturated carbocycles. The number of carbonyl (C=O) groups excluding carboxylic acids is 1. The van der Waals surface area contributed by atoms with Crippen molar-refractivity contribution < 1.29 is 9.53 Å². The van der Waals surface area contributed by atoms with Crippen LogP contribution in [0.3, 0.4) is 0 Å². The van der Waals surface area contributed by atoms with E-state index in [0.29, 0.717) is 5.56 Å². The second kappa shape index (κ2) is 6.34. The standard InChI is InChI=1S/C22H27N3O2/c1-21(2)13-18(22(3,4)27-21)24-19-10-9-16(14-23-19)20(26)25-12-11-15-7-5-6-8-17(15)25/h5-10,14,18H,11-13H2,1-4H3,(H,23,24). The van der Waals surface area contributed by atoms with Gasteiger partial charge in [-0.05, 0) is 64.3 Å². The van der Waals surface area contributed by atoms with Crippen molar-refractivity contribution in [1.82, 2.24) is 4.98 Å². The average Bonchev–Trinajstić information content (AvgIpc) is 3.12. The molecule has 0 aliphatic carbocycles. The molecule has 0 bridgehead atoms. The number of nitrogens with one attached hydrogen (secondary N) is 1. The topological polar surface area (TPSA) is 54.5 Å². The molecule has 4 rings (SSSR count).